The van der Waals surface area contributed by atoms with E-state index < -0.39 is 0 Å². The van der Waals surface area contributed by atoms with Gasteiger partial charge in [0.15, 0.2) is 6.61 Å². The minimum atomic E-state index is -0.0910. The van der Waals surface area contributed by atoms with E-state index in [1.807, 2.05) is 6.92 Å². The van der Waals surface area contributed by atoms with Crippen LogP contribution >= 0.6 is 0 Å². The lowest BCUT2D eigenvalue weighted by Gasteiger charge is -2.13. The van der Waals surface area contributed by atoms with Crippen LogP contribution in [0.15, 0.2) is 24.3 Å². The topological polar surface area (TPSA) is 47.6 Å². The largest absolute Gasteiger partial charge is 0.497 e. The molecule has 18 heavy (non-hydrogen) atoms. The molecule has 1 aromatic carbocycles. The number of ether oxygens (including phenoxy) is 2. The van der Waals surface area contributed by atoms with Crippen molar-refractivity contribution in [3.05, 3.63) is 24.3 Å². The van der Waals surface area contributed by atoms with Crippen LogP contribution in [0.25, 0.3) is 0 Å². The average molecular weight is 251 g/mol. The smallest absolute Gasteiger partial charge is 0.258 e. The molecular formula is C14H21NO3. The number of methoxy groups -OCH3 is 1. The fourth-order valence-electron chi connectivity index (χ4n) is 1.64. The van der Waals surface area contributed by atoms with Crippen molar-refractivity contribution in [1.82, 2.24) is 5.32 Å². The van der Waals surface area contributed by atoms with Crippen LogP contribution in [0.5, 0.6) is 11.5 Å². The quantitative estimate of drug-likeness (QED) is 0.809. The summed E-state index contributed by atoms with van der Waals surface area (Å²) in [6, 6.07) is 7.35. The van der Waals surface area contributed by atoms with Gasteiger partial charge in [0.2, 0.25) is 0 Å². The van der Waals surface area contributed by atoms with Crippen molar-refractivity contribution in [1.29, 1.82) is 0 Å². The Kier molecular flexibility index (Phi) is 6.05. The summed E-state index contributed by atoms with van der Waals surface area (Å²) in [6.07, 6.45) is 2.04. The van der Waals surface area contributed by atoms with Crippen LogP contribution in [-0.4, -0.2) is 25.7 Å². The van der Waals surface area contributed by atoms with Gasteiger partial charge in [-0.2, -0.15) is 0 Å². The molecule has 0 aliphatic heterocycles. The van der Waals surface area contributed by atoms with Gasteiger partial charge in [-0.15, -0.1) is 0 Å². The number of hydrogen-bond donors (Lipinski definition) is 1. The number of amides is 1. The molecule has 0 heterocycles. The molecule has 100 valence electrons. The zero-order valence-corrected chi connectivity index (χ0v) is 11.2. The van der Waals surface area contributed by atoms with E-state index >= 15 is 0 Å². The van der Waals surface area contributed by atoms with Crippen LogP contribution in [0.4, 0.5) is 0 Å². The molecule has 0 saturated carbocycles. The van der Waals surface area contributed by atoms with Crippen LogP contribution < -0.4 is 14.8 Å². The van der Waals surface area contributed by atoms with E-state index in [1.54, 1.807) is 31.4 Å². The highest BCUT2D eigenvalue weighted by Crippen LogP contribution is 2.16. The molecule has 0 unspecified atom stereocenters. The van der Waals surface area contributed by atoms with E-state index in [9.17, 15) is 4.79 Å². The number of hydrogen-bond acceptors (Lipinski definition) is 3. The molecule has 0 bridgehead atoms. The first-order valence-electron chi connectivity index (χ1n) is 6.22. The Bertz CT molecular complexity index is 362. The maximum atomic E-state index is 11.6. The third-order valence-electron chi connectivity index (χ3n) is 2.56. The summed E-state index contributed by atoms with van der Waals surface area (Å²) < 4.78 is 10.4. The first kappa shape index (κ1) is 14.4. The Labute approximate surface area is 108 Å². The fraction of sp³-hybridized carbons (Fsp3) is 0.500. The van der Waals surface area contributed by atoms with E-state index in [0.29, 0.717) is 5.75 Å². The standard InChI is InChI=1S/C14H21NO3/c1-4-5-11(2)15-14(16)10-18-13-8-6-12(17-3)7-9-13/h6-9,11H,4-5,10H2,1-3H3,(H,15,16)/t11-/m0/s1. The van der Waals surface area contributed by atoms with Crippen LogP contribution in [0.1, 0.15) is 26.7 Å². The van der Waals surface area contributed by atoms with Crippen molar-refractivity contribution in [2.24, 2.45) is 0 Å². The van der Waals surface area contributed by atoms with E-state index in [-0.39, 0.29) is 18.6 Å². The lowest BCUT2D eigenvalue weighted by molar-refractivity contribution is -0.123. The van der Waals surface area contributed by atoms with Crippen LogP contribution in [0, 0.1) is 0 Å². The Balaban J connectivity index is 2.33. The molecule has 0 aliphatic rings. The molecule has 4 nitrogen and oxygen atoms in total. The number of benzene rings is 1. The van der Waals surface area contributed by atoms with Crippen molar-refractivity contribution in [2.75, 3.05) is 13.7 Å². The van der Waals surface area contributed by atoms with Crippen LogP contribution in [0.3, 0.4) is 0 Å². The molecule has 0 aliphatic carbocycles. The third kappa shape index (κ3) is 5.08. The molecule has 1 amide bonds. The zero-order valence-electron chi connectivity index (χ0n) is 11.2. The van der Waals surface area contributed by atoms with Crippen molar-refractivity contribution < 1.29 is 14.3 Å². The van der Waals surface area contributed by atoms with Crippen LogP contribution in [-0.2, 0) is 4.79 Å². The molecule has 0 radical (unpaired) electrons. The van der Waals surface area contributed by atoms with E-state index in [1.165, 1.54) is 0 Å². The van der Waals surface area contributed by atoms with Gasteiger partial charge in [-0.1, -0.05) is 13.3 Å². The minimum absolute atomic E-state index is 0.0420. The molecule has 4 heteroatoms. The molecule has 1 rings (SSSR count). The molecule has 0 fully saturated rings. The Morgan fingerprint density at radius 2 is 1.89 bits per heavy atom. The summed E-state index contributed by atoms with van der Waals surface area (Å²) in [6.45, 7) is 4.13. The summed E-state index contributed by atoms with van der Waals surface area (Å²) in [5, 5.41) is 2.88. The van der Waals surface area contributed by atoms with E-state index in [4.69, 9.17) is 9.47 Å². The second kappa shape index (κ2) is 7.58. The Morgan fingerprint density at radius 1 is 1.28 bits per heavy atom. The van der Waals surface area contributed by atoms with Crippen molar-refractivity contribution in [3.63, 3.8) is 0 Å². The Hall–Kier alpha value is -1.71. The third-order valence-corrected chi connectivity index (χ3v) is 2.56. The monoisotopic (exact) mass is 251 g/mol. The van der Waals surface area contributed by atoms with Gasteiger partial charge in [0.1, 0.15) is 11.5 Å². The van der Waals surface area contributed by atoms with Crippen molar-refractivity contribution in [2.45, 2.75) is 32.7 Å². The van der Waals surface area contributed by atoms with Crippen molar-refractivity contribution in [3.8, 4) is 11.5 Å². The molecule has 0 saturated heterocycles. The lowest BCUT2D eigenvalue weighted by Crippen LogP contribution is -2.35. The normalized spacial score (nSPS) is 11.7. The first-order valence-corrected chi connectivity index (χ1v) is 6.22. The van der Waals surface area contributed by atoms with E-state index in [2.05, 4.69) is 12.2 Å². The molecule has 1 N–H and O–H groups in total. The summed E-state index contributed by atoms with van der Waals surface area (Å²) >= 11 is 0. The maximum absolute atomic E-state index is 11.6. The van der Waals surface area contributed by atoms with Gasteiger partial charge in [-0.25, -0.2) is 0 Å². The van der Waals surface area contributed by atoms with Gasteiger partial charge in [0, 0.05) is 6.04 Å². The molecule has 1 atom stereocenters. The summed E-state index contributed by atoms with van der Waals surface area (Å²) in [5.74, 6) is 1.34. The number of rotatable bonds is 7. The van der Waals surface area contributed by atoms with Gasteiger partial charge in [-0.3, -0.25) is 4.79 Å². The fourth-order valence-corrected chi connectivity index (χ4v) is 1.64. The van der Waals surface area contributed by atoms with Gasteiger partial charge in [-0.05, 0) is 37.6 Å². The summed E-state index contributed by atoms with van der Waals surface area (Å²) in [5.41, 5.74) is 0. The summed E-state index contributed by atoms with van der Waals surface area (Å²) in [4.78, 5) is 11.6. The number of nitrogens with one attached hydrogen (secondary N) is 1. The number of carbonyl (C=O) groups is 1. The second-order valence-electron chi connectivity index (χ2n) is 4.22. The SMILES string of the molecule is CCC[C@H](C)NC(=O)COc1ccc(OC)cc1. The predicted molar refractivity (Wildman–Crippen MR) is 71.0 cm³/mol. The van der Waals surface area contributed by atoms with Gasteiger partial charge >= 0.3 is 0 Å². The highest BCUT2D eigenvalue weighted by atomic mass is 16.5. The highest BCUT2D eigenvalue weighted by molar-refractivity contribution is 5.77. The van der Waals surface area contributed by atoms with Gasteiger partial charge in [0.25, 0.3) is 5.91 Å². The second-order valence-corrected chi connectivity index (χ2v) is 4.22. The van der Waals surface area contributed by atoms with Gasteiger partial charge in [0.05, 0.1) is 7.11 Å². The van der Waals surface area contributed by atoms with Gasteiger partial charge < -0.3 is 14.8 Å². The average Bonchev–Trinajstić information content (AvgIpc) is 2.37. The molecule has 1 aromatic rings. The van der Waals surface area contributed by atoms with Crippen molar-refractivity contribution >= 4 is 5.91 Å². The molecule has 0 spiro atoms. The first-order chi connectivity index (χ1) is 8.65. The lowest BCUT2D eigenvalue weighted by atomic mass is 10.2. The van der Waals surface area contributed by atoms with Crippen LogP contribution in [0.2, 0.25) is 0 Å². The Morgan fingerprint density at radius 3 is 2.44 bits per heavy atom. The predicted octanol–water partition coefficient (Wildman–Crippen LogP) is 2.38. The highest BCUT2D eigenvalue weighted by Gasteiger charge is 2.07. The zero-order chi connectivity index (χ0) is 13.4. The van der Waals surface area contributed by atoms with E-state index in [0.717, 1.165) is 18.6 Å². The maximum Gasteiger partial charge on any atom is 0.258 e. The summed E-state index contributed by atoms with van der Waals surface area (Å²) in [7, 11) is 1.61. The minimum Gasteiger partial charge on any atom is -0.497 e. The molecular weight excluding hydrogens is 230 g/mol. The number of carbonyl (C=O) groups excluding carboxylic acids is 1. The molecule has 0 aromatic heterocycles.